The molecule has 0 spiro atoms. The van der Waals surface area contributed by atoms with Gasteiger partial charge in [-0.05, 0) is 37.6 Å². The Hall–Kier alpha value is -3.03. The molecular formula is C18H20FN5O2. The van der Waals surface area contributed by atoms with Gasteiger partial charge in [-0.15, -0.1) is 10.2 Å². The second-order valence-electron chi connectivity index (χ2n) is 5.89. The minimum atomic E-state index is -0.323. The second kappa shape index (κ2) is 7.90. The Bertz CT molecular complexity index is 903. The summed E-state index contributed by atoms with van der Waals surface area (Å²) < 4.78 is 20.5. The van der Waals surface area contributed by atoms with E-state index in [9.17, 15) is 9.18 Å². The van der Waals surface area contributed by atoms with E-state index in [1.807, 2.05) is 19.9 Å². The maximum absolute atomic E-state index is 13.1. The molecule has 136 valence electrons. The molecule has 0 unspecified atom stereocenters. The van der Waals surface area contributed by atoms with E-state index in [0.29, 0.717) is 30.3 Å². The molecular weight excluding hydrogens is 337 g/mol. The fraction of sp³-hybridized carbons (Fsp3) is 0.333. The standard InChI is InChI=1S/C18H20FN5O2/c1-3-24-15(9-12(2)23-24)18-22-21-17(26-18)8-7-16(25)20-11-13-5-4-6-14(19)10-13/h4-6,9-10H,3,7-8,11H2,1-2H3,(H,20,25). The molecule has 2 heterocycles. The number of benzene rings is 1. The Labute approximate surface area is 150 Å². The van der Waals surface area contributed by atoms with Crippen molar-refractivity contribution in [3.05, 3.63) is 53.3 Å². The third-order valence-corrected chi connectivity index (χ3v) is 3.83. The average molecular weight is 357 g/mol. The minimum absolute atomic E-state index is 0.163. The Balaban J connectivity index is 1.53. The molecule has 1 amide bonds. The van der Waals surface area contributed by atoms with E-state index in [2.05, 4.69) is 20.6 Å². The van der Waals surface area contributed by atoms with Crippen LogP contribution in [0.25, 0.3) is 11.6 Å². The zero-order valence-electron chi connectivity index (χ0n) is 14.7. The Morgan fingerprint density at radius 3 is 2.92 bits per heavy atom. The smallest absolute Gasteiger partial charge is 0.265 e. The van der Waals surface area contributed by atoms with E-state index in [4.69, 9.17) is 4.42 Å². The van der Waals surface area contributed by atoms with E-state index in [-0.39, 0.29) is 24.7 Å². The van der Waals surface area contributed by atoms with Gasteiger partial charge in [-0.25, -0.2) is 4.39 Å². The van der Waals surface area contributed by atoms with Crippen LogP contribution < -0.4 is 5.32 Å². The maximum Gasteiger partial charge on any atom is 0.265 e. The third-order valence-electron chi connectivity index (χ3n) is 3.83. The van der Waals surface area contributed by atoms with Gasteiger partial charge in [-0.2, -0.15) is 5.10 Å². The number of rotatable bonds is 7. The van der Waals surface area contributed by atoms with Crippen LogP contribution in [0.4, 0.5) is 4.39 Å². The SMILES string of the molecule is CCn1nc(C)cc1-c1nnc(CCC(=O)NCc2cccc(F)c2)o1. The molecule has 3 rings (SSSR count). The van der Waals surface area contributed by atoms with Crippen LogP contribution in [0.3, 0.4) is 0 Å². The Kier molecular flexibility index (Phi) is 5.40. The second-order valence-corrected chi connectivity index (χ2v) is 5.89. The number of nitrogens with one attached hydrogen (secondary N) is 1. The molecule has 0 aliphatic carbocycles. The molecule has 3 aromatic rings. The van der Waals surface area contributed by atoms with Crippen LogP contribution in [0.1, 0.15) is 30.5 Å². The van der Waals surface area contributed by atoms with Crippen molar-refractivity contribution in [3.63, 3.8) is 0 Å². The molecule has 0 aliphatic rings. The van der Waals surface area contributed by atoms with E-state index in [1.165, 1.54) is 12.1 Å². The molecule has 0 saturated carbocycles. The topological polar surface area (TPSA) is 85.8 Å². The first-order valence-corrected chi connectivity index (χ1v) is 8.43. The predicted octanol–water partition coefficient (Wildman–Crippen LogP) is 2.65. The fourth-order valence-corrected chi connectivity index (χ4v) is 2.57. The van der Waals surface area contributed by atoms with Crippen LogP contribution in [-0.4, -0.2) is 25.9 Å². The molecule has 0 bridgehead atoms. The van der Waals surface area contributed by atoms with E-state index in [1.54, 1.807) is 16.8 Å². The number of hydrogen-bond acceptors (Lipinski definition) is 5. The van der Waals surface area contributed by atoms with Crippen molar-refractivity contribution in [1.82, 2.24) is 25.3 Å². The normalized spacial score (nSPS) is 10.9. The van der Waals surface area contributed by atoms with Gasteiger partial charge in [-0.1, -0.05) is 12.1 Å². The monoisotopic (exact) mass is 357 g/mol. The zero-order chi connectivity index (χ0) is 18.5. The molecule has 0 atom stereocenters. The zero-order valence-corrected chi connectivity index (χ0v) is 14.7. The lowest BCUT2D eigenvalue weighted by atomic mass is 10.2. The van der Waals surface area contributed by atoms with E-state index in [0.717, 1.165) is 11.4 Å². The van der Waals surface area contributed by atoms with Crippen LogP contribution >= 0.6 is 0 Å². The predicted molar refractivity (Wildman–Crippen MR) is 92.5 cm³/mol. The summed E-state index contributed by atoms with van der Waals surface area (Å²) in [6.45, 7) is 4.86. The Morgan fingerprint density at radius 2 is 2.15 bits per heavy atom. The number of carbonyl (C=O) groups excluding carboxylic acids is 1. The van der Waals surface area contributed by atoms with Crippen LogP contribution in [0.15, 0.2) is 34.7 Å². The first-order valence-electron chi connectivity index (χ1n) is 8.43. The molecule has 26 heavy (non-hydrogen) atoms. The molecule has 0 radical (unpaired) electrons. The van der Waals surface area contributed by atoms with Gasteiger partial charge in [0.05, 0.1) is 5.69 Å². The summed E-state index contributed by atoms with van der Waals surface area (Å²) in [7, 11) is 0. The number of aromatic nitrogens is 4. The van der Waals surface area contributed by atoms with Crippen LogP contribution in [0, 0.1) is 12.7 Å². The van der Waals surface area contributed by atoms with Crippen molar-refractivity contribution in [2.75, 3.05) is 0 Å². The highest BCUT2D eigenvalue weighted by Crippen LogP contribution is 2.19. The lowest BCUT2D eigenvalue weighted by Crippen LogP contribution is -2.23. The number of amides is 1. The van der Waals surface area contributed by atoms with Gasteiger partial charge >= 0.3 is 0 Å². The van der Waals surface area contributed by atoms with Gasteiger partial charge in [0.15, 0.2) is 0 Å². The first kappa shape index (κ1) is 17.8. The minimum Gasteiger partial charge on any atom is -0.419 e. The summed E-state index contributed by atoms with van der Waals surface area (Å²) in [5.41, 5.74) is 2.35. The quantitative estimate of drug-likeness (QED) is 0.702. The summed E-state index contributed by atoms with van der Waals surface area (Å²) >= 11 is 0. The molecule has 0 aliphatic heterocycles. The highest BCUT2D eigenvalue weighted by atomic mass is 19.1. The molecule has 1 N–H and O–H groups in total. The summed E-state index contributed by atoms with van der Waals surface area (Å²) in [5.74, 6) is 0.296. The van der Waals surface area contributed by atoms with Crippen molar-refractivity contribution in [2.24, 2.45) is 0 Å². The molecule has 8 heteroatoms. The van der Waals surface area contributed by atoms with E-state index >= 15 is 0 Å². The number of nitrogens with zero attached hydrogens (tertiary/aromatic N) is 4. The molecule has 0 fully saturated rings. The van der Waals surface area contributed by atoms with E-state index < -0.39 is 0 Å². The van der Waals surface area contributed by atoms with Crippen molar-refractivity contribution >= 4 is 5.91 Å². The van der Waals surface area contributed by atoms with Crippen LogP contribution in [0.5, 0.6) is 0 Å². The largest absolute Gasteiger partial charge is 0.419 e. The molecule has 1 aromatic carbocycles. The molecule has 2 aromatic heterocycles. The highest BCUT2D eigenvalue weighted by molar-refractivity contribution is 5.76. The van der Waals surface area contributed by atoms with Crippen LogP contribution in [0.2, 0.25) is 0 Å². The van der Waals surface area contributed by atoms with Gasteiger partial charge in [-0.3, -0.25) is 9.48 Å². The third kappa shape index (κ3) is 4.33. The summed E-state index contributed by atoms with van der Waals surface area (Å²) in [5, 5.41) is 15.1. The van der Waals surface area contributed by atoms with Gasteiger partial charge in [0.25, 0.3) is 5.89 Å². The van der Waals surface area contributed by atoms with Gasteiger partial charge < -0.3 is 9.73 Å². The summed E-state index contributed by atoms with van der Waals surface area (Å²) in [4.78, 5) is 11.9. The highest BCUT2D eigenvalue weighted by Gasteiger charge is 2.15. The summed E-state index contributed by atoms with van der Waals surface area (Å²) in [6, 6.07) is 8.01. The average Bonchev–Trinajstić information content (AvgIpc) is 3.24. The lowest BCUT2D eigenvalue weighted by Gasteiger charge is -2.04. The van der Waals surface area contributed by atoms with Crippen molar-refractivity contribution in [2.45, 2.75) is 39.8 Å². The first-order chi connectivity index (χ1) is 12.5. The summed E-state index contributed by atoms with van der Waals surface area (Å²) in [6.07, 6.45) is 0.546. The molecule has 7 nitrogen and oxygen atoms in total. The van der Waals surface area contributed by atoms with Crippen LogP contribution in [-0.2, 0) is 24.3 Å². The lowest BCUT2D eigenvalue weighted by molar-refractivity contribution is -0.121. The van der Waals surface area contributed by atoms with Crippen molar-refractivity contribution in [1.29, 1.82) is 0 Å². The maximum atomic E-state index is 13.1. The van der Waals surface area contributed by atoms with Gasteiger partial charge in [0, 0.05) is 25.9 Å². The fourth-order valence-electron chi connectivity index (χ4n) is 2.57. The van der Waals surface area contributed by atoms with Gasteiger partial charge in [0.1, 0.15) is 11.5 Å². The number of aryl methyl sites for hydroxylation is 3. The van der Waals surface area contributed by atoms with Crippen molar-refractivity contribution in [3.8, 4) is 11.6 Å². The van der Waals surface area contributed by atoms with Gasteiger partial charge in [0.2, 0.25) is 11.8 Å². The number of halogens is 1. The number of carbonyl (C=O) groups is 1. The molecule has 0 saturated heterocycles. The van der Waals surface area contributed by atoms with Crippen molar-refractivity contribution < 1.29 is 13.6 Å². The number of hydrogen-bond donors (Lipinski definition) is 1. The Morgan fingerprint density at radius 1 is 1.31 bits per heavy atom.